The molecule has 0 radical (unpaired) electrons. The van der Waals surface area contributed by atoms with Gasteiger partial charge in [0.25, 0.3) is 0 Å². The van der Waals surface area contributed by atoms with Crippen LogP contribution in [0, 0.1) is 5.92 Å². The molecular weight excluding hydrogens is 210 g/mol. The Hall–Kier alpha value is -0.990. The topological polar surface area (TPSA) is 39.2 Å². The molecule has 1 unspecified atom stereocenters. The van der Waals surface area contributed by atoms with Gasteiger partial charge in [-0.2, -0.15) is 0 Å². The first-order valence-corrected chi connectivity index (χ1v) is 5.45. The summed E-state index contributed by atoms with van der Waals surface area (Å²) in [6, 6.07) is 7.93. The van der Waals surface area contributed by atoms with E-state index >= 15 is 0 Å². The van der Waals surface area contributed by atoms with Gasteiger partial charge in [0.2, 0.25) is 0 Å². The fourth-order valence-corrected chi connectivity index (χ4v) is 1.91. The van der Waals surface area contributed by atoms with Crippen LogP contribution in [-0.4, -0.2) is 6.54 Å². The largest absolute Gasteiger partial charge is 0.444 e. The smallest absolute Gasteiger partial charge is 0.194 e. The first kappa shape index (κ1) is 10.5. The molecule has 0 aliphatic carbocycles. The molecule has 1 aromatic carbocycles. The minimum absolute atomic E-state index is 0.442. The van der Waals surface area contributed by atoms with Gasteiger partial charge in [-0.15, -0.1) is 0 Å². The van der Waals surface area contributed by atoms with Crippen LogP contribution >= 0.6 is 11.6 Å². The van der Waals surface area contributed by atoms with Crippen LogP contribution in [0.5, 0.6) is 0 Å². The van der Waals surface area contributed by atoms with Crippen molar-refractivity contribution in [2.24, 2.45) is 11.7 Å². The van der Waals surface area contributed by atoms with E-state index < -0.39 is 0 Å². The Balaban J connectivity index is 2.41. The Bertz CT molecular complexity index is 464. The van der Waals surface area contributed by atoms with Gasteiger partial charge < -0.3 is 10.2 Å². The van der Waals surface area contributed by atoms with Crippen LogP contribution < -0.4 is 5.73 Å². The van der Waals surface area contributed by atoms with E-state index in [1.54, 1.807) is 0 Å². The molecule has 0 aliphatic rings. The SMILES string of the molecule is CC(CN)Cc1cccc2cc(Cl)oc12. The zero-order chi connectivity index (χ0) is 10.8. The van der Waals surface area contributed by atoms with Gasteiger partial charge in [0.05, 0.1) is 0 Å². The van der Waals surface area contributed by atoms with Gasteiger partial charge in [-0.1, -0.05) is 25.1 Å². The molecule has 0 saturated heterocycles. The molecule has 2 nitrogen and oxygen atoms in total. The van der Waals surface area contributed by atoms with Crippen LogP contribution in [0.1, 0.15) is 12.5 Å². The molecule has 3 heteroatoms. The summed E-state index contributed by atoms with van der Waals surface area (Å²) in [5, 5.41) is 1.50. The Morgan fingerprint density at radius 1 is 1.47 bits per heavy atom. The molecule has 2 N–H and O–H groups in total. The molecule has 2 rings (SSSR count). The highest BCUT2D eigenvalue weighted by Crippen LogP contribution is 2.27. The molecule has 1 heterocycles. The fourth-order valence-electron chi connectivity index (χ4n) is 1.71. The summed E-state index contributed by atoms with van der Waals surface area (Å²) in [6.07, 6.45) is 0.928. The van der Waals surface area contributed by atoms with Crippen molar-refractivity contribution in [2.45, 2.75) is 13.3 Å². The van der Waals surface area contributed by atoms with Crippen LogP contribution in [-0.2, 0) is 6.42 Å². The highest BCUT2D eigenvalue weighted by atomic mass is 35.5. The fraction of sp³-hybridized carbons (Fsp3) is 0.333. The molecule has 0 spiro atoms. The van der Waals surface area contributed by atoms with Crippen molar-refractivity contribution in [1.29, 1.82) is 0 Å². The molecule has 0 aliphatic heterocycles. The van der Waals surface area contributed by atoms with Crippen LogP contribution in [0.25, 0.3) is 11.0 Å². The Kier molecular flexibility index (Phi) is 2.98. The molecular formula is C12H14ClNO. The van der Waals surface area contributed by atoms with Crippen molar-refractivity contribution in [1.82, 2.24) is 0 Å². The summed E-state index contributed by atoms with van der Waals surface area (Å²) in [5.41, 5.74) is 7.68. The maximum Gasteiger partial charge on any atom is 0.194 e. The average molecular weight is 224 g/mol. The van der Waals surface area contributed by atoms with E-state index in [1.165, 1.54) is 5.56 Å². The minimum Gasteiger partial charge on any atom is -0.444 e. The second-order valence-corrected chi connectivity index (χ2v) is 4.30. The summed E-state index contributed by atoms with van der Waals surface area (Å²) in [4.78, 5) is 0. The molecule has 1 atom stereocenters. The number of furan rings is 1. The predicted molar refractivity (Wildman–Crippen MR) is 63.1 cm³/mol. The van der Waals surface area contributed by atoms with E-state index in [4.69, 9.17) is 21.8 Å². The summed E-state index contributed by atoms with van der Waals surface area (Å²) >= 11 is 5.83. The number of nitrogens with two attached hydrogens (primary N) is 1. The Morgan fingerprint density at radius 2 is 2.27 bits per heavy atom. The number of hydrogen-bond donors (Lipinski definition) is 1. The highest BCUT2D eigenvalue weighted by molar-refractivity contribution is 6.29. The van der Waals surface area contributed by atoms with E-state index in [0.29, 0.717) is 17.7 Å². The van der Waals surface area contributed by atoms with Gasteiger partial charge in [0.1, 0.15) is 5.58 Å². The molecule has 0 saturated carbocycles. The molecule has 2 aromatic rings. The van der Waals surface area contributed by atoms with Crippen LogP contribution in [0.3, 0.4) is 0 Å². The standard InChI is InChI=1S/C12H14ClNO/c1-8(7-14)5-9-3-2-4-10-6-11(13)15-12(9)10/h2-4,6,8H,5,7,14H2,1H3. The monoisotopic (exact) mass is 223 g/mol. The maximum absolute atomic E-state index is 5.83. The molecule has 15 heavy (non-hydrogen) atoms. The van der Waals surface area contributed by atoms with Gasteiger partial charge in [0.15, 0.2) is 5.22 Å². The second-order valence-electron chi connectivity index (χ2n) is 3.93. The third kappa shape index (κ3) is 2.16. The van der Waals surface area contributed by atoms with Gasteiger partial charge in [0, 0.05) is 11.5 Å². The van der Waals surface area contributed by atoms with E-state index in [2.05, 4.69) is 13.0 Å². The first-order chi connectivity index (χ1) is 7.20. The number of fused-ring (bicyclic) bond motifs is 1. The van der Waals surface area contributed by atoms with Gasteiger partial charge in [-0.25, -0.2) is 0 Å². The maximum atomic E-state index is 5.83. The molecule has 1 aromatic heterocycles. The van der Waals surface area contributed by atoms with Crippen molar-refractivity contribution in [2.75, 3.05) is 6.54 Å². The molecule has 0 amide bonds. The van der Waals surface area contributed by atoms with E-state index in [9.17, 15) is 0 Å². The molecule has 80 valence electrons. The lowest BCUT2D eigenvalue weighted by molar-refractivity contribution is 0.574. The summed E-state index contributed by atoms with van der Waals surface area (Å²) in [5.74, 6) is 0.458. The van der Waals surface area contributed by atoms with Crippen LogP contribution in [0.4, 0.5) is 0 Å². The lowest BCUT2D eigenvalue weighted by atomic mass is 10.00. The summed E-state index contributed by atoms with van der Waals surface area (Å²) in [7, 11) is 0. The Labute approximate surface area is 94.0 Å². The molecule has 0 fully saturated rings. The number of hydrogen-bond acceptors (Lipinski definition) is 2. The second kappa shape index (κ2) is 4.25. The van der Waals surface area contributed by atoms with Gasteiger partial charge >= 0.3 is 0 Å². The van der Waals surface area contributed by atoms with Gasteiger partial charge in [-0.3, -0.25) is 0 Å². The van der Waals surface area contributed by atoms with E-state index in [1.807, 2.05) is 18.2 Å². The summed E-state index contributed by atoms with van der Waals surface area (Å²) < 4.78 is 5.47. The Morgan fingerprint density at radius 3 is 3.00 bits per heavy atom. The normalized spacial score (nSPS) is 13.3. The number of benzene rings is 1. The molecule has 0 bridgehead atoms. The lowest BCUT2D eigenvalue weighted by Gasteiger charge is -2.08. The third-order valence-electron chi connectivity index (χ3n) is 2.57. The average Bonchev–Trinajstić information content (AvgIpc) is 2.59. The predicted octanol–water partition coefficient (Wildman–Crippen LogP) is 3.22. The third-order valence-corrected chi connectivity index (χ3v) is 2.75. The zero-order valence-corrected chi connectivity index (χ0v) is 9.42. The lowest BCUT2D eigenvalue weighted by Crippen LogP contribution is -2.13. The number of halogens is 1. The van der Waals surface area contributed by atoms with Crippen molar-refractivity contribution < 1.29 is 4.42 Å². The van der Waals surface area contributed by atoms with Crippen molar-refractivity contribution in [3.05, 3.63) is 35.0 Å². The summed E-state index contributed by atoms with van der Waals surface area (Å²) in [6.45, 7) is 2.81. The minimum atomic E-state index is 0.442. The zero-order valence-electron chi connectivity index (χ0n) is 8.66. The van der Waals surface area contributed by atoms with Crippen molar-refractivity contribution >= 4 is 22.6 Å². The van der Waals surface area contributed by atoms with Crippen LogP contribution in [0.15, 0.2) is 28.7 Å². The van der Waals surface area contributed by atoms with E-state index in [-0.39, 0.29) is 0 Å². The van der Waals surface area contributed by atoms with Gasteiger partial charge in [-0.05, 0) is 36.0 Å². The quantitative estimate of drug-likeness (QED) is 0.868. The van der Waals surface area contributed by atoms with Crippen molar-refractivity contribution in [3.63, 3.8) is 0 Å². The first-order valence-electron chi connectivity index (χ1n) is 5.07. The highest BCUT2D eigenvalue weighted by Gasteiger charge is 2.09. The van der Waals surface area contributed by atoms with Crippen LogP contribution in [0.2, 0.25) is 5.22 Å². The van der Waals surface area contributed by atoms with E-state index in [0.717, 1.165) is 17.4 Å². The number of rotatable bonds is 3. The number of para-hydroxylation sites is 1. The van der Waals surface area contributed by atoms with Crippen molar-refractivity contribution in [3.8, 4) is 0 Å².